The van der Waals surface area contributed by atoms with Gasteiger partial charge in [0.2, 0.25) is 0 Å². The van der Waals surface area contributed by atoms with E-state index in [1.54, 1.807) is 0 Å². The Balaban J connectivity index is 0.000000106. The molecule has 9 heteroatoms. The van der Waals surface area contributed by atoms with Gasteiger partial charge in [-0.2, -0.15) is 0 Å². The molecule has 24 rings (SSSR count). The number of fused-ring (bicyclic) bond motifs is 18. The van der Waals surface area contributed by atoms with Crippen LogP contribution in [0.15, 0.2) is 427 Å². The van der Waals surface area contributed by atoms with Crippen LogP contribution in [0.25, 0.3) is 215 Å². The van der Waals surface area contributed by atoms with Gasteiger partial charge in [-0.3, -0.25) is 0 Å². The van der Waals surface area contributed by atoms with E-state index in [-0.39, 0.29) is 0 Å². The van der Waals surface area contributed by atoms with Crippen molar-refractivity contribution in [1.29, 1.82) is 0 Å². The Morgan fingerprint density at radius 1 is 0.171 bits per heavy atom. The number of hydrogen-bond acceptors (Lipinski definition) is 3. The summed E-state index contributed by atoms with van der Waals surface area (Å²) >= 11 is 10.8. The Kier molecular flexibility index (Phi) is 17.3. The molecule has 0 unspecified atom stereocenters. The van der Waals surface area contributed by atoms with E-state index >= 15 is 0 Å². The van der Waals surface area contributed by atoms with Crippen LogP contribution < -0.4 is 0 Å². The molecule has 0 aliphatic rings. The summed E-state index contributed by atoms with van der Waals surface area (Å²) in [6, 6.07) is 142. The largest absolute Gasteiger partial charge is 0.456 e. The van der Waals surface area contributed by atoms with E-state index in [0.717, 1.165) is 102 Å². The van der Waals surface area contributed by atoms with Crippen molar-refractivity contribution in [1.82, 2.24) is 13.7 Å². The summed E-state index contributed by atoms with van der Waals surface area (Å²) in [5.41, 5.74) is 30.1. The van der Waals surface area contributed by atoms with Gasteiger partial charge in [-0.15, -0.1) is 0 Å². The van der Waals surface area contributed by atoms with Crippen molar-refractivity contribution in [3.8, 4) is 83.8 Å². The molecule has 0 amide bonds. The van der Waals surface area contributed by atoms with Crippen molar-refractivity contribution in [3.63, 3.8) is 0 Å². The highest BCUT2D eigenvalue weighted by Crippen LogP contribution is 2.45. The molecule has 0 bridgehead atoms. The summed E-state index contributed by atoms with van der Waals surface area (Å²) in [4.78, 5) is 0. The average Bonchev–Trinajstić information content (AvgIpc) is 1.31. The second-order valence-electron chi connectivity index (χ2n) is 29.8. The summed E-state index contributed by atoms with van der Waals surface area (Å²) in [5.74, 6) is 0. The Labute approximate surface area is 697 Å². The number of rotatable bonds is 9. The fourth-order valence-electron chi connectivity index (χ4n) is 17.6. The summed E-state index contributed by atoms with van der Waals surface area (Å²) in [7, 11) is 0. The minimum Gasteiger partial charge on any atom is -0.456 e. The Morgan fingerprint density at radius 3 is 0.957 bits per heavy atom. The van der Waals surface area contributed by atoms with E-state index < -0.39 is 0 Å². The molecule has 18 aromatic carbocycles. The topological polar surface area (TPSA) is 54.2 Å². The SMILES string of the molecule is Brc1cccc(-c2cccc(-c3ccc4c5ccccc5n(-c5ccc6oc7ccccc7c6c5)c4c3)c2)c1.Brc1cccc(-c2cccc(-c3ccc4c5ccccc5n(-c5cccc6c5oc5ccccc56)c4c3)c2)c1.Brc1cccc(-c2cccc(-c3ccc4c5ccccc5n(-c5cccc6oc7ccccc7c56)c4c3)c2)c1. The zero-order chi connectivity index (χ0) is 77.8. The van der Waals surface area contributed by atoms with Crippen LogP contribution in [-0.4, -0.2) is 13.7 Å². The molecule has 0 spiro atoms. The van der Waals surface area contributed by atoms with Gasteiger partial charge in [0.05, 0.1) is 49.9 Å². The maximum atomic E-state index is 6.47. The van der Waals surface area contributed by atoms with E-state index in [9.17, 15) is 0 Å². The number of furan rings is 3. The minimum absolute atomic E-state index is 0.900. The lowest BCUT2D eigenvalue weighted by molar-refractivity contribution is 0.666. The first-order valence-electron chi connectivity index (χ1n) is 39.1. The number of aromatic nitrogens is 3. The molecule has 24 aromatic rings. The van der Waals surface area contributed by atoms with Gasteiger partial charge in [-0.25, -0.2) is 0 Å². The maximum absolute atomic E-state index is 6.47. The molecule has 6 nitrogen and oxygen atoms in total. The molecule has 0 atom stereocenters. The average molecular weight is 1690 g/mol. The lowest BCUT2D eigenvalue weighted by Gasteiger charge is -2.11. The quantitative estimate of drug-likeness (QED) is 0.145. The highest BCUT2D eigenvalue weighted by Gasteiger charge is 2.23. The Morgan fingerprint density at radius 2 is 0.479 bits per heavy atom. The maximum Gasteiger partial charge on any atom is 0.159 e. The van der Waals surface area contributed by atoms with Crippen LogP contribution in [0.2, 0.25) is 0 Å². The normalized spacial score (nSPS) is 11.7. The number of para-hydroxylation sites is 7. The predicted molar refractivity (Wildman–Crippen MR) is 500 cm³/mol. The van der Waals surface area contributed by atoms with Gasteiger partial charge in [-0.1, -0.05) is 303 Å². The molecular weight excluding hydrogens is 1630 g/mol. The number of halogens is 3. The van der Waals surface area contributed by atoms with Crippen molar-refractivity contribution in [2.45, 2.75) is 0 Å². The van der Waals surface area contributed by atoms with Crippen LogP contribution in [0, 0.1) is 0 Å². The predicted octanol–water partition coefficient (Wildman–Crippen LogP) is 32.3. The van der Waals surface area contributed by atoms with Crippen LogP contribution in [0.4, 0.5) is 0 Å². The zero-order valence-corrected chi connectivity index (χ0v) is 67.6. The molecular formula is C108H66Br3N3O3. The first-order chi connectivity index (χ1) is 57.7. The van der Waals surface area contributed by atoms with Gasteiger partial charge in [0.15, 0.2) is 5.58 Å². The highest BCUT2D eigenvalue weighted by atomic mass is 79.9. The number of hydrogen-bond donors (Lipinski definition) is 0. The molecule has 0 fully saturated rings. The fourth-order valence-corrected chi connectivity index (χ4v) is 18.8. The van der Waals surface area contributed by atoms with Crippen LogP contribution in [0.1, 0.15) is 0 Å². The van der Waals surface area contributed by atoms with Crippen molar-refractivity contribution < 1.29 is 13.3 Å². The summed E-state index contributed by atoms with van der Waals surface area (Å²) < 4.78 is 29.2. The summed E-state index contributed by atoms with van der Waals surface area (Å²) in [5, 5.41) is 14.2. The molecule has 552 valence electrons. The Bertz CT molecular complexity index is 8090. The summed E-state index contributed by atoms with van der Waals surface area (Å²) in [6.07, 6.45) is 0. The van der Waals surface area contributed by atoms with Crippen molar-refractivity contribution in [3.05, 3.63) is 414 Å². The van der Waals surface area contributed by atoms with Gasteiger partial charge in [-0.05, 0) is 212 Å². The van der Waals surface area contributed by atoms with Crippen LogP contribution >= 0.6 is 47.8 Å². The van der Waals surface area contributed by atoms with Gasteiger partial charge >= 0.3 is 0 Å². The second-order valence-corrected chi connectivity index (χ2v) is 32.6. The number of nitrogens with zero attached hydrogens (tertiary/aromatic N) is 3. The van der Waals surface area contributed by atoms with Crippen LogP contribution in [-0.2, 0) is 0 Å². The molecule has 0 saturated heterocycles. The zero-order valence-electron chi connectivity index (χ0n) is 62.8. The van der Waals surface area contributed by atoms with E-state index in [1.807, 2.05) is 36.4 Å². The van der Waals surface area contributed by atoms with Crippen molar-refractivity contribution in [2.75, 3.05) is 0 Å². The van der Waals surface area contributed by atoms with E-state index in [4.69, 9.17) is 13.3 Å². The molecule has 117 heavy (non-hydrogen) atoms. The van der Waals surface area contributed by atoms with Gasteiger partial charge in [0.25, 0.3) is 0 Å². The van der Waals surface area contributed by atoms with Gasteiger partial charge in [0, 0.05) is 78.4 Å². The lowest BCUT2D eigenvalue weighted by atomic mass is 9.98. The van der Waals surface area contributed by atoms with E-state index in [0.29, 0.717) is 0 Å². The third-order valence-electron chi connectivity index (χ3n) is 22.9. The smallest absolute Gasteiger partial charge is 0.159 e. The van der Waals surface area contributed by atoms with E-state index in [1.165, 1.54) is 127 Å². The molecule has 0 aliphatic heterocycles. The molecule has 6 heterocycles. The Hall–Kier alpha value is -13.8. The first-order valence-corrected chi connectivity index (χ1v) is 41.5. The monoisotopic (exact) mass is 1690 g/mol. The summed E-state index contributed by atoms with van der Waals surface area (Å²) in [6.45, 7) is 0. The second kappa shape index (κ2) is 28.9. The molecule has 0 saturated carbocycles. The molecule has 0 N–H and O–H groups in total. The van der Waals surface area contributed by atoms with Crippen LogP contribution in [0.5, 0.6) is 0 Å². The third kappa shape index (κ3) is 12.4. The first kappa shape index (κ1) is 69.9. The highest BCUT2D eigenvalue weighted by molar-refractivity contribution is 9.11. The minimum atomic E-state index is 0.900. The molecule has 0 radical (unpaired) electrons. The van der Waals surface area contributed by atoms with Gasteiger partial charge in [0.1, 0.15) is 27.9 Å². The third-order valence-corrected chi connectivity index (χ3v) is 24.4. The number of benzene rings is 18. The van der Waals surface area contributed by atoms with Crippen molar-refractivity contribution >= 4 is 179 Å². The van der Waals surface area contributed by atoms with Gasteiger partial charge < -0.3 is 27.0 Å². The standard InChI is InChI=1S/3C36H22BrNO/c37-27-11-6-10-25(21-27)23-8-5-9-24(20-23)26-18-19-29-28-12-1-3-15-32(28)38(34(29)22-26)33-16-7-14-31-30-13-2-4-17-35(30)39-36(31)33;37-27-11-6-10-25(21-27)23-8-5-9-24(20-23)26-18-19-29-28-12-1-3-14-31(28)38(33(29)22-26)32-15-7-17-35-36(32)30-13-2-4-16-34(30)39-35;37-27-10-6-9-25(20-27)23-7-5-8-24(19-23)26-15-17-30-29-11-1-3-13-33(29)38(34(30)21-26)28-16-18-36-32(22-28)31-12-2-4-14-35(31)39-36/h3*1-22H. The fraction of sp³-hybridized carbons (Fsp3) is 0. The van der Waals surface area contributed by atoms with Crippen molar-refractivity contribution in [2.24, 2.45) is 0 Å². The molecule has 6 aromatic heterocycles. The van der Waals surface area contributed by atoms with E-state index in [2.05, 4.69) is 425 Å². The van der Waals surface area contributed by atoms with Crippen LogP contribution in [0.3, 0.4) is 0 Å². The lowest BCUT2D eigenvalue weighted by Crippen LogP contribution is -1.95. The molecule has 0 aliphatic carbocycles.